The number of rotatable bonds is 2. The van der Waals surface area contributed by atoms with Crippen molar-refractivity contribution in [3.8, 4) is 11.5 Å². The van der Waals surface area contributed by atoms with Gasteiger partial charge in [0.05, 0.1) is 6.04 Å². The Hall–Kier alpha value is -1.75. The lowest BCUT2D eigenvalue weighted by atomic mass is 10.1. The zero-order valence-corrected chi connectivity index (χ0v) is 10.4. The van der Waals surface area contributed by atoms with Crippen molar-refractivity contribution in [2.75, 3.05) is 6.54 Å². The Morgan fingerprint density at radius 2 is 2.22 bits per heavy atom. The molecule has 1 aliphatic heterocycles. The van der Waals surface area contributed by atoms with Gasteiger partial charge in [-0.3, -0.25) is 0 Å². The van der Waals surface area contributed by atoms with Crippen LogP contribution < -0.4 is 5.32 Å². The normalized spacial score (nSPS) is 19.9. The molecule has 5 nitrogen and oxygen atoms in total. The van der Waals surface area contributed by atoms with Crippen LogP contribution in [-0.2, 0) is 0 Å². The number of nitrogens with one attached hydrogen (secondary N) is 1. The van der Waals surface area contributed by atoms with Crippen molar-refractivity contribution in [3.05, 3.63) is 29.8 Å². The topological polar surface area (TPSA) is 63.8 Å². The van der Waals surface area contributed by atoms with E-state index in [0.29, 0.717) is 11.7 Å². The highest BCUT2D eigenvalue weighted by atomic mass is 16.5. The fourth-order valence-corrected chi connectivity index (χ4v) is 2.21. The first-order chi connectivity index (χ1) is 8.83. The van der Waals surface area contributed by atoms with Gasteiger partial charge in [-0.15, -0.1) is 0 Å². The van der Waals surface area contributed by atoms with E-state index in [1.807, 2.05) is 25.1 Å². The average molecular weight is 244 g/mol. The van der Waals surface area contributed by atoms with E-state index in [0.717, 1.165) is 24.4 Å². The van der Waals surface area contributed by atoms with Crippen LogP contribution in [-0.4, -0.2) is 21.7 Å². The first kappa shape index (κ1) is 11.3. The van der Waals surface area contributed by atoms with Gasteiger partial charge < -0.3 is 9.84 Å². The van der Waals surface area contributed by atoms with Crippen LogP contribution in [0.25, 0.3) is 11.5 Å². The van der Waals surface area contributed by atoms with Crippen LogP contribution in [0.3, 0.4) is 0 Å². The van der Waals surface area contributed by atoms with Crippen molar-refractivity contribution in [1.82, 2.24) is 20.4 Å². The summed E-state index contributed by atoms with van der Waals surface area (Å²) in [7, 11) is 0. The maximum atomic E-state index is 5.33. The zero-order chi connectivity index (χ0) is 12.4. The summed E-state index contributed by atoms with van der Waals surface area (Å²) in [6.45, 7) is 2.97. The molecule has 94 valence electrons. The highest BCUT2D eigenvalue weighted by Gasteiger charge is 2.21. The van der Waals surface area contributed by atoms with E-state index in [-0.39, 0.29) is 6.04 Å². The molecule has 5 heteroatoms. The molecule has 1 aliphatic rings. The Morgan fingerprint density at radius 3 is 3.00 bits per heavy atom. The molecule has 2 aromatic heterocycles. The van der Waals surface area contributed by atoms with E-state index in [1.54, 1.807) is 0 Å². The monoisotopic (exact) mass is 244 g/mol. The van der Waals surface area contributed by atoms with E-state index in [4.69, 9.17) is 4.52 Å². The molecule has 3 rings (SSSR count). The molecule has 0 spiro atoms. The second-order valence-electron chi connectivity index (χ2n) is 4.62. The van der Waals surface area contributed by atoms with Crippen molar-refractivity contribution in [2.24, 2.45) is 0 Å². The van der Waals surface area contributed by atoms with Crippen molar-refractivity contribution in [2.45, 2.75) is 32.2 Å². The molecular weight excluding hydrogens is 228 g/mol. The van der Waals surface area contributed by atoms with Crippen molar-refractivity contribution < 1.29 is 4.52 Å². The lowest BCUT2D eigenvalue weighted by molar-refractivity contribution is 0.297. The first-order valence-electron chi connectivity index (χ1n) is 6.34. The minimum Gasteiger partial charge on any atom is -0.337 e. The molecule has 18 heavy (non-hydrogen) atoms. The lowest BCUT2D eigenvalue weighted by Gasteiger charge is -2.19. The summed E-state index contributed by atoms with van der Waals surface area (Å²) in [5, 5.41) is 7.41. The molecule has 0 bridgehead atoms. The maximum Gasteiger partial charge on any atom is 0.244 e. The molecule has 0 aromatic carbocycles. The minimum atomic E-state index is 0.199. The van der Waals surface area contributed by atoms with Crippen LogP contribution in [0.2, 0.25) is 0 Å². The molecule has 1 N–H and O–H groups in total. The molecule has 0 amide bonds. The molecular formula is C13H16N4O. The van der Waals surface area contributed by atoms with Crippen LogP contribution >= 0.6 is 0 Å². The van der Waals surface area contributed by atoms with Crippen molar-refractivity contribution in [3.63, 3.8) is 0 Å². The molecule has 1 atom stereocenters. The Balaban J connectivity index is 1.84. The van der Waals surface area contributed by atoms with Gasteiger partial charge in [0.15, 0.2) is 0 Å². The summed E-state index contributed by atoms with van der Waals surface area (Å²) in [4.78, 5) is 8.84. The Labute approximate surface area is 106 Å². The summed E-state index contributed by atoms with van der Waals surface area (Å²) in [5.41, 5.74) is 1.72. The second kappa shape index (κ2) is 4.86. The molecule has 2 aromatic rings. The first-order valence-corrected chi connectivity index (χ1v) is 6.34. The standard InChI is InChI=1S/C13H16N4O/c1-9-5-4-7-10(15-9)12-16-13(18-17-12)11-6-2-3-8-14-11/h4-5,7,11,14H,2-3,6,8H2,1H3/t11-/m1/s1. The molecule has 0 unspecified atom stereocenters. The third kappa shape index (κ3) is 2.26. The maximum absolute atomic E-state index is 5.33. The van der Waals surface area contributed by atoms with Crippen LogP contribution in [0.4, 0.5) is 0 Å². The van der Waals surface area contributed by atoms with Gasteiger partial charge in [-0.2, -0.15) is 4.98 Å². The number of nitrogens with zero attached hydrogens (tertiary/aromatic N) is 3. The van der Waals surface area contributed by atoms with Gasteiger partial charge in [-0.1, -0.05) is 17.6 Å². The fraction of sp³-hybridized carbons (Fsp3) is 0.462. The van der Waals surface area contributed by atoms with Gasteiger partial charge in [-0.05, 0) is 38.4 Å². The van der Waals surface area contributed by atoms with Crippen molar-refractivity contribution in [1.29, 1.82) is 0 Å². The van der Waals surface area contributed by atoms with Gasteiger partial charge in [0, 0.05) is 5.69 Å². The van der Waals surface area contributed by atoms with Crippen LogP contribution in [0.1, 0.15) is 36.9 Å². The number of aromatic nitrogens is 3. The molecule has 0 radical (unpaired) electrons. The predicted octanol–water partition coefficient (Wildman–Crippen LogP) is 2.25. The lowest BCUT2D eigenvalue weighted by Crippen LogP contribution is -2.26. The molecule has 1 fully saturated rings. The summed E-state index contributed by atoms with van der Waals surface area (Å²) in [5.74, 6) is 1.24. The van der Waals surface area contributed by atoms with Gasteiger partial charge in [0.1, 0.15) is 5.69 Å². The Bertz CT molecular complexity index is 531. The van der Waals surface area contributed by atoms with E-state index in [9.17, 15) is 0 Å². The highest BCUT2D eigenvalue weighted by molar-refractivity contribution is 5.48. The quantitative estimate of drug-likeness (QED) is 0.877. The Kier molecular flexibility index (Phi) is 3.06. The van der Waals surface area contributed by atoms with Gasteiger partial charge >= 0.3 is 0 Å². The summed E-state index contributed by atoms with van der Waals surface area (Å²) < 4.78 is 5.33. The van der Waals surface area contributed by atoms with Crippen LogP contribution in [0.15, 0.2) is 22.7 Å². The number of aryl methyl sites for hydroxylation is 1. The third-order valence-corrected chi connectivity index (χ3v) is 3.17. The number of hydrogen-bond donors (Lipinski definition) is 1. The fourth-order valence-electron chi connectivity index (χ4n) is 2.21. The number of pyridine rings is 1. The SMILES string of the molecule is Cc1cccc(-c2noc([C@H]3CCCCN3)n2)n1. The highest BCUT2D eigenvalue weighted by Crippen LogP contribution is 2.23. The smallest absolute Gasteiger partial charge is 0.244 e. The van der Waals surface area contributed by atoms with Crippen LogP contribution in [0, 0.1) is 6.92 Å². The molecule has 1 saturated heterocycles. The van der Waals surface area contributed by atoms with E-state index < -0.39 is 0 Å². The van der Waals surface area contributed by atoms with E-state index >= 15 is 0 Å². The van der Waals surface area contributed by atoms with Gasteiger partial charge in [0.25, 0.3) is 0 Å². The minimum absolute atomic E-state index is 0.199. The largest absolute Gasteiger partial charge is 0.337 e. The summed E-state index contributed by atoms with van der Waals surface area (Å²) in [6.07, 6.45) is 3.48. The number of piperidine rings is 1. The Morgan fingerprint density at radius 1 is 1.28 bits per heavy atom. The van der Waals surface area contributed by atoms with Gasteiger partial charge in [0.2, 0.25) is 11.7 Å². The number of hydrogen-bond acceptors (Lipinski definition) is 5. The third-order valence-electron chi connectivity index (χ3n) is 3.17. The molecule has 0 saturated carbocycles. The summed E-state index contributed by atoms with van der Waals surface area (Å²) >= 11 is 0. The zero-order valence-electron chi connectivity index (χ0n) is 10.4. The predicted molar refractivity (Wildman–Crippen MR) is 66.9 cm³/mol. The van der Waals surface area contributed by atoms with Gasteiger partial charge in [-0.25, -0.2) is 4.98 Å². The van der Waals surface area contributed by atoms with E-state index in [2.05, 4.69) is 20.4 Å². The molecule has 0 aliphatic carbocycles. The van der Waals surface area contributed by atoms with Crippen molar-refractivity contribution >= 4 is 0 Å². The summed E-state index contributed by atoms with van der Waals surface area (Å²) in [6, 6.07) is 6.00. The average Bonchev–Trinajstić information content (AvgIpc) is 2.89. The second-order valence-corrected chi connectivity index (χ2v) is 4.62. The van der Waals surface area contributed by atoms with Crippen LogP contribution in [0.5, 0.6) is 0 Å². The molecule has 3 heterocycles. The van der Waals surface area contributed by atoms with E-state index in [1.165, 1.54) is 12.8 Å².